The van der Waals surface area contributed by atoms with Gasteiger partial charge in [-0.2, -0.15) is 5.10 Å². The molecule has 0 amide bonds. The first kappa shape index (κ1) is 13.4. The third kappa shape index (κ3) is 2.53. The van der Waals surface area contributed by atoms with Crippen LogP contribution in [0.3, 0.4) is 0 Å². The molecule has 2 rings (SSSR count). The summed E-state index contributed by atoms with van der Waals surface area (Å²) in [6.45, 7) is 11.1. The van der Waals surface area contributed by atoms with Gasteiger partial charge in [-0.15, -0.1) is 0 Å². The molecule has 2 unspecified atom stereocenters. The summed E-state index contributed by atoms with van der Waals surface area (Å²) in [5.41, 5.74) is 1.22. The highest BCUT2D eigenvalue weighted by Gasteiger charge is 2.30. The van der Waals surface area contributed by atoms with Crippen molar-refractivity contribution in [2.75, 3.05) is 18.0 Å². The van der Waals surface area contributed by atoms with Gasteiger partial charge >= 0.3 is 0 Å². The first-order chi connectivity index (χ1) is 8.52. The first-order valence-corrected chi connectivity index (χ1v) is 7.03. The van der Waals surface area contributed by atoms with Gasteiger partial charge in [0.05, 0.1) is 0 Å². The highest BCUT2D eigenvalue weighted by Crippen LogP contribution is 2.23. The normalized spacial score (nSPS) is 24.9. The van der Waals surface area contributed by atoms with Gasteiger partial charge in [-0.25, -0.2) is 0 Å². The maximum atomic E-state index is 4.65. The topological polar surface area (TPSA) is 33.1 Å². The maximum absolute atomic E-state index is 4.65. The van der Waals surface area contributed by atoms with Crippen LogP contribution in [0.5, 0.6) is 0 Å². The number of hydrogen-bond acceptors (Lipinski definition) is 3. The molecule has 18 heavy (non-hydrogen) atoms. The fourth-order valence-electron chi connectivity index (χ4n) is 2.65. The number of nitrogens with one attached hydrogen (secondary N) is 1. The Morgan fingerprint density at radius 1 is 1.50 bits per heavy atom. The van der Waals surface area contributed by atoms with Gasteiger partial charge in [-0.3, -0.25) is 4.68 Å². The summed E-state index contributed by atoms with van der Waals surface area (Å²) in [6.07, 6.45) is 1.17. The molecule has 1 aromatic heterocycles. The van der Waals surface area contributed by atoms with Crippen molar-refractivity contribution in [1.82, 2.24) is 15.1 Å². The standard InChI is InChI=1S/C14H26N4/c1-6-12-9-18(13(8-15-12)10(2)3)14-7-11(4)17(5)16-14/h7,10,12-13,15H,6,8-9H2,1-5H3. The number of piperazine rings is 1. The van der Waals surface area contributed by atoms with Gasteiger partial charge in [0.15, 0.2) is 5.82 Å². The molecule has 1 fully saturated rings. The van der Waals surface area contributed by atoms with Crippen LogP contribution in [0.4, 0.5) is 5.82 Å². The summed E-state index contributed by atoms with van der Waals surface area (Å²) in [7, 11) is 2.02. The molecule has 1 N–H and O–H groups in total. The van der Waals surface area contributed by atoms with Crippen molar-refractivity contribution in [2.45, 2.75) is 46.2 Å². The van der Waals surface area contributed by atoms with E-state index in [9.17, 15) is 0 Å². The van der Waals surface area contributed by atoms with E-state index in [1.165, 1.54) is 12.1 Å². The van der Waals surface area contributed by atoms with E-state index in [2.05, 4.69) is 49.1 Å². The lowest BCUT2D eigenvalue weighted by atomic mass is 9.97. The molecule has 0 aromatic carbocycles. The van der Waals surface area contributed by atoms with Crippen molar-refractivity contribution in [3.05, 3.63) is 11.8 Å². The number of nitrogens with zero attached hydrogens (tertiary/aromatic N) is 3. The zero-order valence-corrected chi connectivity index (χ0v) is 12.3. The predicted octanol–water partition coefficient (Wildman–Crippen LogP) is 1.94. The number of hydrogen-bond donors (Lipinski definition) is 1. The summed E-state index contributed by atoms with van der Waals surface area (Å²) >= 11 is 0. The fraction of sp³-hybridized carbons (Fsp3) is 0.786. The Morgan fingerprint density at radius 2 is 2.22 bits per heavy atom. The van der Waals surface area contributed by atoms with Gasteiger partial charge in [0.1, 0.15) is 0 Å². The Bertz CT molecular complexity index is 377. The second-order valence-corrected chi connectivity index (χ2v) is 5.74. The second kappa shape index (κ2) is 5.31. The van der Waals surface area contributed by atoms with Crippen molar-refractivity contribution in [3.63, 3.8) is 0 Å². The molecule has 2 atom stereocenters. The second-order valence-electron chi connectivity index (χ2n) is 5.74. The van der Waals surface area contributed by atoms with E-state index < -0.39 is 0 Å². The highest BCUT2D eigenvalue weighted by molar-refractivity contribution is 5.42. The number of aryl methyl sites for hydroxylation is 2. The molecule has 102 valence electrons. The van der Waals surface area contributed by atoms with E-state index in [0.717, 1.165) is 18.9 Å². The van der Waals surface area contributed by atoms with Crippen LogP contribution in [0.2, 0.25) is 0 Å². The Labute approximate surface area is 110 Å². The van der Waals surface area contributed by atoms with Gasteiger partial charge in [0, 0.05) is 44.0 Å². The van der Waals surface area contributed by atoms with Crippen LogP contribution < -0.4 is 10.2 Å². The third-order valence-corrected chi connectivity index (χ3v) is 4.09. The molecule has 1 saturated heterocycles. The molecule has 1 aromatic rings. The van der Waals surface area contributed by atoms with Crippen molar-refractivity contribution in [2.24, 2.45) is 13.0 Å². The summed E-state index contributed by atoms with van der Waals surface area (Å²) in [5, 5.41) is 8.30. The Kier molecular flexibility index (Phi) is 3.95. The van der Waals surface area contributed by atoms with E-state index in [0.29, 0.717) is 18.0 Å². The van der Waals surface area contributed by atoms with Crippen LogP contribution >= 0.6 is 0 Å². The van der Waals surface area contributed by atoms with Crippen LogP contribution in [0.15, 0.2) is 6.07 Å². The molecular formula is C14H26N4. The van der Waals surface area contributed by atoms with E-state index in [-0.39, 0.29) is 0 Å². The lowest BCUT2D eigenvalue weighted by Crippen LogP contribution is -2.58. The van der Waals surface area contributed by atoms with Crippen molar-refractivity contribution >= 4 is 5.82 Å². The quantitative estimate of drug-likeness (QED) is 0.890. The summed E-state index contributed by atoms with van der Waals surface area (Å²) in [6, 6.07) is 3.33. The summed E-state index contributed by atoms with van der Waals surface area (Å²) in [5.74, 6) is 1.77. The minimum atomic E-state index is 0.544. The lowest BCUT2D eigenvalue weighted by molar-refractivity contribution is 0.331. The van der Waals surface area contributed by atoms with E-state index in [1.807, 2.05) is 11.7 Å². The van der Waals surface area contributed by atoms with E-state index >= 15 is 0 Å². The van der Waals surface area contributed by atoms with Crippen LogP contribution in [0.25, 0.3) is 0 Å². The minimum Gasteiger partial charge on any atom is -0.349 e. The molecule has 2 heterocycles. The largest absolute Gasteiger partial charge is 0.349 e. The first-order valence-electron chi connectivity index (χ1n) is 7.03. The zero-order chi connectivity index (χ0) is 13.3. The molecule has 4 heteroatoms. The smallest absolute Gasteiger partial charge is 0.151 e. The van der Waals surface area contributed by atoms with Crippen LogP contribution in [0.1, 0.15) is 32.9 Å². The maximum Gasteiger partial charge on any atom is 0.151 e. The number of rotatable bonds is 3. The Morgan fingerprint density at radius 3 is 2.72 bits per heavy atom. The van der Waals surface area contributed by atoms with Crippen LogP contribution in [-0.4, -0.2) is 35.0 Å². The van der Waals surface area contributed by atoms with Crippen molar-refractivity contribution in [3.8, 4) is 0 Å². The van der Waals surface area contributed by atoms with Crippen molar-refractivity contribution in [1.29, 1.82) is 0 Å². The number of anilines is 1. The third-order valence-electron chi connectivity index (χ3n) is 4.09. The average Bonchev–Trinajstić information content (AvgIpc) is 2.68. The van der Waals surface area contributed by atoms with Crippen molar-refractivity contribution < 1.29 is 0 Å². The minimum absolute atomic E-state index is 0.544. The Hall–Kier alpha value is -1.03. The van der Waals surface area contributed by atoms with Gasteiger partial charge < -0.3 is 10.2 Å². The lowest BCUT2D eigenvalue weighted by Gasteiger charge is -2.42. The molecule has 0 saturated carbocycles. The molecule has 1 aliphatic heterocycles. The SMILES string of the molecule is CCC1CN(c2cc(C)n(C)n2)C(C(C)C)CN1. The average molecular weight is 250 g/mol. The molecule has 0 aliphatic carbocycles. The van der Waals surface area contributed by atoms with Crippen LogP contribution in [0, 0.1) is 12.8 Å². The van der Waals surface area contributed by atoms with Crippen LogP contribution in [-0.2, 0) is 7.05 Å². The Balaban J connectivity index is 2.24. The predicted molar refractivity (Wildman–Crippen MR) is 76.0 cm³/mol. The zero-order valence-electron chi connectivity index (χ0n) is 12.3. The molecule has 0 radical (unpaired) electrons. The molecule has 4 nitrogen and oxygen atoms in total. The van der Waals surface area contributed by atoms with Gasteiger partial charge in [0.25, 0.3) is 0 Å². The van der Waals surface area contributed by atoms with E-state index in [4.69, 9.17) is 0 Å². The highest BCUT2D eigenvalue weighted by atomic mass is 15.4. The van der Waals surface area contributed by atoms with Gasteiger partial charge in [-0.05, 0) is 19.3 Å². The van der Waals surface area contributed by atoms with E-state index in [1.54, 1.807) is 0 Å². The molecular weight excluding hydrogens is 224 g/mol. The molecule has 0 spiro atoms. The summed E-state index contributed by atoms with van der Waals surface area (Å²) < 4.78 is 1.97. The number of aromatic nitrogens is 2. The monoisotopic (exact) mass is 250 g/mol. The van der Waals surface area contributed by atoms with Gasteiger partial charge in [-0.1, -0.05) is 20.8 Å². The van der Waals surface area contributed by atoms with Gasteiger partial charge in [0.2, 0.25) is 0 Å². The summed E-state index contributed by atoms with van der Waals surface area (Å²) in [4.78, 5) is 2.49. The molecule has 1 aliphatic rings. The fourth-order valence-corrected chi connectivity index (χ4v) is 2.65. The molecule has 0 bridgehead atoms.